The van der Waals surface area contributed by atoms with Crippen molar-refractivity contribution in [2.45, 2.75) is 24.2 Å². The molecule has 0 atom stereocenters. The first-order chi connectivity index (χ1) is 9.49. The Morgan fingerprint density at radius 1 is 1.20 bits per heavy atom. The number of hydrogen-bond donors (Lipinski definition) is 2. The van der Waals surface area contributed by atoms with Crippen molar-refractivity contribution in [3.63, 3.8) is 0 Å². The summed E-state index contributed by atoms with van der Waals surface area (Å²) in [6.07, 6.45) is 3.12. The van der Waals surface area contributed by atoms with Gasteiger partial charge in [0.1, 0.15) is 16.5 Å². The van der Waals surface area contributed by atoms with Gasteiger partial charge in [0.2, 0.25) is 10.0 Å². The summed E-state index contributed by atoms with van der Waals surface area (Å²) in [6, 6.07) is 2.41. The van der Waals surface area contributed by atoms with Gasteiger partial charge in [-0.2, -0.15) is 0 Å². The minimum Gasteiger partial charge on any atom is -0.335 e. The minimum absolute atomic E-state index is 0.238. The third kappa shape index (κ3) is 3.97. The van der Waals surface area contributed by atoms with E-state index in [0.717, 1.165) is 31.8 Å². The quantitative estimate of drug-likeness (QED) is 0.743. The second-order valence-corrected chi connectivity index (χ2v) is 6.77. The number of likely N-dealkylation sites (tertiary alicyclic amines) is 1. The summed E-state index contributed by atoms with van der Waals surface area (Å²) in [6.45, 7) is 3.40. The van der Waals surface area contributed by atoms with E-state index in [1.54, 1.807) is 0 Å². The molecule has 0 bridgehead atoms. The Balaban J connectivity index is 1.88. The first-order valence-electron chi connectivity index (χ1n) is 6.77. The second-order valence-electron chi connectivity index (χ2n) is 5.03. The standard InChI is InChI=1S/C13H18F2N2O2S/c14-11-4-5-12(15)13(10-11)20(18,19)16-6-3-9-17-7-1-2-8-17/h4-5,10,16H,1-3,6-9H2/p+1. The summed E-state index contributed by atoms with van der Waals surface area (Å²) < 4.78 is 52.5. The molecule has 0 spiro atoms. The van der Waals surface area contributed by atoms with Crippen molar-refractivity contribution in [1.82, 2.24) is 4.72 Å². The minimum atomic E-state index is -3.98. The van der Waals surface area contributed by atoms with E-state index in [9.17, 15) is 17.2 Å². The highest BCUT2D eigenvalue weighted by molar-refractivity contribution is 7.89. The van der Waals surface area contributed by atoms with Crippen molar-refractivity contribution < 1.29 is 22.1 Å². The molecule has 20 heavy (non-hydrogen) atoms. The van der Waals surface area contributed by atoms with Gasteiger partial charge in [-0.15, -0.1) is 0 Å². The molecule has 0 aromatic heterocycles. The number of rotatable bonds is 6. The Hall–Kier alpha value is -1.05. The molecule has 1 saturated heterocycles. The van der Waals surface area contributed by atoms with Crippen LogP contribution in [0.25, 0.3) is 0 Å². The van der Waals surface area contributed by atoms with Gasteiger partial charge in [0.05, 0.1) is 19.6 Å². The van der Waals surface area contributed by atoms with Gasteiger partial charge in [0.25, 0.3) is 0 Å². The number of hydrogen-bond acceptors (Lipinski definition) is 2. The summed E-state index contributed by atoms with van der Waals surface area (Å²) >= 11 is 0. The van der Waals surface area contributed by atoms with E-state index in [-0.39, 0.29) is 6.54 Å². The molecule has 0 amide bonds. The predicted molar refractivity (Wildman–Crippen MR) is 71.0 cm³/mol. The van der Waals surface area contributed by atoms with Gasteiger partial charge in [-0.3, -0.25) is 0 Å². The van der Waals surface area contributed by atoms with E-state index >= 15 is 0 Å². The van der Waals surface area contributed by atoms with Crippen LogP contribution in [0.3, 0.4) is 0 Å². The number of benzene rings is 1. The molecule has 0 aliphatic carbocycles. The zero-order chi connectivity index (χ0) is 14.6. The van der Waals surface area contributed by atoms with Crippen molar-refractivity contribution in [1.29, 1.82) is 0 Å². The van der Waals surface area contributed by atoms with Crippen molar-refractivity contribution in [2.24, 2.45) is 0 Å². The largest absolute Gasteiger partial charge is 0.335 e. The number of halogens is 2. The summed E-state index contributed by atoms with van der Waals surface area (Å²) in [5, 5.41) is 0. The third-order valence-electron chi connectivity index (χ3n) is 3.49. The second kappa shape index (κ2) is 6.60. The first kappa shape index (κ1) is 15.3. The molecule has 1 aliphatic heterocycles. The molecule has 1 aromatic rings. The van der Waals surface area contributed by atoms with Crippen LogP contribution in [0.1, 0.15) is 19.3 Å². The Kier molecular flexibility index (Phi) is 5.06. The van der Waals surface area contributed by atoms with E-state index in [2.05, 4.69) is 4.72 Å². The van der Waals surface area contributed by atoms with E-state index in [1.807, 2.05) is 0 Å². The fourth-order valence-electron chi connectivity index (χ4n) is 2.43. The summed E-state index contributed by atoms with van der Waals surface area (Å²) in [4.78, 5) is 0.840. The van der Waals surface area contributed by atoms with Crippen LogP contribution in [0, 0.1) is 11.6 Å². The van der Waals surface area contributed by atoms with Crippen LogP contribution in [-0.4, -0.2) is 34.6 Å². The van der Waals surface area contributed by atoms with Crippen molar-refractivity contribution in [3.05, 3.63) is 29.8 Å². The Bertz CT molecular complexity index is 557. The van der Waals surface area contributed by atoms with Crippen LogP contribution in [0.2, 0.25) is 0 Å². The summed E-state index contributed by atoms with van der Waals surface area (Å²) in [5.74, 6) is -1.71. The van der Waals surface area contributed by atoms with Gasteiger partial charge in [-0.25, -0.2) is 21.9 Å². The van der Waals surface area contributed by atoms with Crippen LogP contribution in [0.4, 0.5) is 8.78 Å². The lowest BCUT2D eigenvalue weighted by Gasteiger charge is -2.12. The van der Waals surface area contributed by atoms with Gasteiger partial charge in [-0.1, -0.05) is 0 Å². The maximum Gasteiger partial charge on any atom is 0.243 e. The maximum atomic E-state index is 13.4. The van der Waals surface area contributed by atoms with E-state index in [4.69, 9.17) is 0 Å². The molecule has 1 heterocycles. The summed E-state index contributed by atoms with van der Waals surface area (Å²) in [7, 11) is -3.98. The average molecular weight is 305 g/mol. The molecule has 2 rings (SSSR count). The maximum absolute atomic E-state index is 13.4. The molecule has 112 valence electrons. The van der Waals surface area contributed by atoms with Gasteiger partial charge in [0, 0.05) is 25.8 Å². The smallest absolute Gasteiger partial charge is 0.243 e. The molecule has 1 aliphatic rings. The highest BCUT2D eigenvalue weighted by Crippen LogP contribution is 2.15. The van der Waals surface area contributed by atoms with Gasteiger partial charge in [0.15, 0.2) is 0 Å². The monoisotopic (exact) mass is 305 g/mol. The van der Waals surface area contributed by atoms with E-state index < -0.39 is 26.6 Å². The van der Waals surface area contributed by atoms with Crippen molar-refractivity contribution in [3.8, 4) is 0 Å². The molecule has 7 heteroatoms. The lowest BCUT2D eigenvalue weighted by atomic mass is 10.3. The number of nitrogens with one attached hydrogen (secondary N) is 2. The Labute approximate surface area is 117 Å². The third-order valence-corrected chi connectivity index (χ3v) is 4.97. The number of sulfonamides is 1. The van der Waals surface area contributed by atoms with Crippen LogP contribution in [0.5, 0.6) is 0 Å². The Morgan fingerprint density at radius 2 is 1.90 bits per heavy atom. The molecule has 4 nitrogen and oxygen atoms in total. The zero-order valence-electron chi connectivity index (χ0n) is 11.2. The fraction of sp³-hybridized carbons (Fsp3) is 0.538. The van der Waals surface area contributed by atoms with E-state index in [1.165, 1.54) is 17.7 Å². The number of quaternary nitrogens is 1. The molecule has 0 radical (unpaired) electrons. The van der Waals surface area contributed by atoms with Crippen molar-refractivity contribution >= 4 is 10.0 Å². The Morgan fingerprint density at radius 3 is 2.60 bits per heavy atom. The molecule has 2 N–H and O–H groups in total. The highest BCUT2D eigenvalue weighted by atomic mass is 32.2. The van der Waals surface area contributed by atoms with E-state index in [0.29, 0.717) is 12.5 Å². The van der Waals surface area contributed by atoms with Gasteiger partial charge >= 0.3 is 0 Å². The topological polar surface area (TPSA) is 50.6 Å². The molecule has 1 fully saturated rings. The molecular formula is C13H19F2N2O2S+. The van der Waals surface area contributed by atoms with Gasteiger partial charge < -0.3 is 4.90 Å². The summed E-state index contributed by atoms with van der Waals surface area (Å²) in [5.41, 5.74) is 0. The molecule has 0 unspecified atom stereocenters. The first-order valence-corrected chi connectivity index (χ1v) is 8.25. The van der Waals surface area contributed by atoms with Gasteiger partial charge in [-0.05, 0) is 18.2 Å². The highest BCUT2D eigenvalue weighted by Gasteiger charge is 2.20. The lowest BCUT2D eigenvalue weighted by Crippen LogP contribution is -3.10. The van der Waals surface area contributed by atoms with Crippen LogP contribution < -0.4 is 9.62 Å². The van der Waals surface area contributed by atoms with Crippen LogP contribution in [-0.2, 0) is 10.0 Å². The fourth-order valence-corrected chi connectivity index (χ4v) is 3.59. The predicted octanol–water partition coefficient (Wildman–Crippen LogP) is 0.312. The lowest BCUT2D eigenvalue weighted by molar-refractivity contribution is -0.887. The van der Waals surface area contributed by atoms with Crippen LogP contribution >= 0.6 is 0 Å². The molecular weight excluding hydrogens is 286 g/mol. The normalized spacial score (nSPS) is 16.7. The van der Waals surface area contributed by atoms with Crippen LogP contribution in [0.15, 0.2) is 23.1 Å². The average Bonchev–Trinajstić information content (AvgIpc) is 2.90. The SMILES string of the molecule is O=S(=O)(NCCC[NH+]1CCCC1)c1cc(F)ccc1F. The zero-order valence-corrected chi connectivity index (χ0v) is 12.0. The van der Waals surface area contributed by atoms with Crippen molar-refractivity contribution in [2.75, 3.05) is 26.2 Å². The molecule has 1 aromatic carbocycles. The molecule has 0 saturated carbocycles.